The Morgan fingerprint density at radius 2 is 2.21 bits per heavy atom. The van der Waals surface area contributed by atoms with Gasteiger partial charge < -0.3 is 10.8 Å². The summed E-state index contributed by atoms with van der Waals surface area (Å²) in [7, 11) is 0. The molecule has 0 unspecified atom stereocenters. The first-order chi connectivity index (χ1) is 6.61. The van der Waals surface area contributed by atoms with Crippen molar-refractivity contribution in [3.8, 4) is 0 Å². The molecule has 0 atom stereocenters. The summed E-state index contributed by atoms with van der Waals surface area (Å²) < 4.78 is 25.2. The first kappa shape index (κ1) is 11.0. The Bertz CT molecular complexity index is 329. The molecule has 0 aliphatic carbocycles. The van der Waals surface area contributed by atoms with Crippen molar-refractivity contribution in [2.45, 2.75) is 26.5 Å². The van der Waals surface area contributed by atoms with Crippen LogP contribution >= 0.6 is 0 Å². The number of nitrogens with two attached hydrogens (primary N) is 1. The Morgan fingerprint density at radius 1 is 1.57 bits per heavy atom. The number of halogens is 2. The molecule has 0 aliphatic heterocycles. The van der Waals surface area contributed by atoms with E-state index in [9.17, 15) is 8.78 Å². The van der Waals surface area contributed by atoms with Gasteiger partial charge in [0.1, 0.15) is 0 Å². The zero-order chi connectivity index (χ0) is 10.7. The van der Waals surface area contributed by atoms with E-state index in [4.69, 9.17) is 10.8 Å². The first-order valence-corrected chi connectivity index (χ1v) is 4.18. The van der Waals surface area contributed by atoms with Gasteiger partial charge in [-0.05, 0) is 12.5 Å². The molecule has 5 heteroatoms. The second-order valence-corrected chi connectivity index (χ2v) is 2.94. The van der Waals surface area contributed by atoms with Gasteiger partial charge in [-0.2, -0.15) is 0 Å². The van der Waals surface area contributed by atoms with Crippen molar-refractivity contribution in [2.75, 3.05) is 0 Å². The number of rotatable bonds is 3. The lowest BCUT2D eigenvalue weighted by Gasteiger charge is -2.12. The zero-order valence-electron chi connectivity index (χ0n) is 7.80. The lowest BCUT2D eigenvalue weighted by molar-refractivity contribution is 0.146. The van der Waals surface area contributed by atoms with Gasteiger partial charge in [0.15, 0.2) is 0 Å². The van der Waals surface area contributed by atoms with Crippen LogP contribution in [-0.4, -0.2) is 10.1 Å². The van der Waals surface area contributed by atoms with Crippen LogP contribution in [0.4, 0.5) is 8.78 Å². The molecule has 1 aromatic heterocycles. The molecule has 0 radical (unpaired) electrons. The number of aryl methyl sites for hydroxylation is 1. The van der Waals surface area contributed by atoms with Crippen molar-refractivity contribution < 1.29 is 13.9 Å². The van der Waals surface area contributed by atoms with E-state index in [1.54, 1.807) is 0 Å². The molecule has 0 amide bonds. The first-order valence-electron chi connectivity index (χ1n) is 4.18. The van der Waals surface area contributed by atoms with E-state index in [1.807, 2.05) is 0 Å². The number of alkyl halides is 2. The summed E-state index contributed by atoms with van der Waals surface area (Å²) >= 11 is 0. The third-order valence-corrected chi connectivity index (χ3v) is 2.08. The Kier molecular flexibility index (Phi) is 3.49. The molecule has 0 fully saturated rings. The van der Waals surface area contributed by atoms with Crippen molar-refractivity contribution in [3.05, 3.63) is 28.6 Å². The van der Waals surface area contributed by atoms with Gasteiger partial charge in [-0.25, -0.2) is 8.78 Å². The highest BCUT2D eigenvalue weighted by molar-refractivity contribution is 5.36. The van der Waals surface area contributed by atoms with Crippen LogP contribution in [0.2, 0.25) is 0 Å². The minimum atomic E-state index is -2.61. The highest BCUT2D eigenvalue weighted by Gasteiger charge is 2.18. The smallest absolute Gasteiger partial charge is 0.264 e. The van der Waals surface area contributed by atoms with Gasteiger partial charge in [0.05, 0.1) is 12.3 Å². The average Bonchev–Trinajstić information content (AvgIpc) is 2.16. The van der Waals surface area contributed by atoms with Gasteiger partial charge in [-0.3, -0.25) is 4.98 Å². The third kappa shape index (κ3) is 1.88. The van der Waals surface area contributed by atoms with E-state index in [0.29, 0.717) is 11.3 Å². The molecule has 0 spiro atoms. The van der Waals surface area contributed by atoms with Gasteiger partial charge in [-0.15, -0.1) is 0 Å². The maximum Gasteiger partial charge on any atom is 0.264 e. The van der Waals surface area contributed by atoms with Crippen LogP contribution in [0.1, 0.15) is 28.8 Å². The lowest BCUT2D eigenvalue weighted by atomic mass is 10.0. The molecule has 14 heavy (non-hydrogen) atoms. The molecular formula is C9H12F2N2O. The van der Waals surface area contributed by atoms with Crippen molar-refractivity contribution in [1.82, 2.24) is 4.98 Å². The SMILES string of the molecule is Cc1cnc(CN)c(CO)c1C(F)F. The number of aromatic nitrogens is 1. The molecule has 1 heterocycles. The third-order valence-electron chi connectivity index (χ3n) is 2.08. The monoisotopic (exact) mass is 202 g/mol. The minimum Gasteiger partial charge on any atom is -0.392 e. The summed E-state index contributed by atoms with van der Waals surface area (Å²) in [5.74, 6) is 0. The van der Waals surface area contributed by atoms with Crippen molar-refractivity contribution in [3.63, 3.8) is 0 Å². The average molecular weight is 202 g/mol. The number of hydrogen-bond acceptors (Lipinski definition) is 3. The standard InChI is InChI=1S/C9H12F2N2O/c1-5-3-13-7(2-12)6(4-14)8(5)9(10)11/h3,9,14H,2,4,12H2,1H3. The molecule has 0 aliphatic rings. The zero-order valence-corrected chi connectivity index (χ0v) is 7.80. The van der Waals surface area contributed by atoms with E-state index in [0.717, 1.165) is 0 Å². The van der Waals surface area contributed by atoms with Gasteiger partial charge in [0.25, 0.3) is 6.43 Å². The minimum absolute atomic E-state index is 0.0515. The van der Waals surface area contributed by atoms with Crippen LogP contribution in [0.5, 0.6) is 0 Å². The van der Waals surface area contributed by atoms with Crippen LogP contribution in [0.3, 0.4) is 0 Å². The fourth-order valence-electron chi connectivity index (χ4n) is 1.37. The molecule has 1 rings (SSSR count). The van der Waals surface area contributed by atoms with Crippen molar-refractivity contribution >= 4 is 0 Å². The number of aliphatic hydroxyl groups excluding tert-OH is 1. The Balaban J connectivity index is 3.35. The van der Waals surface area contributed by atoms with Gasteiger partial charge >= 0.3 is 0 Å². The van der Waals surface area contributed by atoms with Gasteiger partial charge in [0.2, 0.25) is 0 Å². The van der Waals surface area contributed by atoms with E-state index >= 15 is 0 Å². The fourth-order valence-corrected chi connectivity index (χ4v) is 1.37. The van der Waals surface area contributed by atoms with E-state index in [2.05, 4.69) is 4.98 Å². The molecule has 0 saturated carbocycles. The summed E-state index contributed by atoms with van der Waals surface area (Å²) in [4.78, 5) is 3.89. The highest BCUT2D eigenvalue weighted by atomic mass is 19.3. The van der Waals surface area contributed by atoms with E-state index in [1.165, 1.54) is 13.1 Å². The quantitative estimate of drug-likeness (QED) is 0.776. The summed E-state index contributed by atoms with van der Waals surface area (Å²) in [5, 5.41) is 8.97. The summed E-state index contributed by atoms with van der Waals surface area (Å²) in [5.41, 5.74) is 6.04. The summed E-state index contributed by atoms with van der Waals surface area (Å²) in [6, 6.07) is 0. The fraction of sp³-hybridized carbons (Fsp3) is 0.444. The van der Waals surface area contributed by atoms with Gasteiger partial charge in [0, 0.05) is 23.9 Å². The predicted molar refractivity (Wildman–Crippen MR) is 47.7 cm³/mol. The number of aliphatic hydroxyl groups is 1. The van der Waals surface area contributed by atoms with Crippen molar-refractivity contribution in [2.24, 2.45) is 5.73 Å². The normalized spacial score (nSPS) is 11.0. The second-order valence-electron chi connectivity index (χ2n) is 2.94. The highest BCUT2D eigenvalue weighted by Crippen LogP contribution is 2.27. The molecule has 0 bridgehead atoms. The van der Waals surface area contributed by atoms with Gasteiger partial charge in [-0.1, -0.05) is 0 Å². The Hall–Kier alpha value is -1.07. The molecule has 1 aromatic rings. The summed E-state index contributed by atoms with van der Waals surface area (Å²) in [6.07, 6.45) is -1.26. The largest absolute Gasteiger partial charge is 0.392 e. The number of hydrogen-bond donors (Lipinski definition) is 2. The molecular weight excluding hydrogens is 190 g/mol. The molecule has 78 valence electrons. The predicted octanol–water partition coefficient (Wildman–Crippen LogP) is 1.28. The Labute approximate surface area is 80.6 Å². The number of nitrogens with zero attached hydrogens (tertiary/aromatic N) is 1. The maximum absolute atomic E-state index is 12.6. The maximum atomic E-state index is 12.6. The lowest BCUT2D eigenvalue weighted by Crippen LogP contribution is -2.09. The molecule has 0 saturated heterocycles. The van der Waals surface area contributed by atoms with Crippen LogP contribution in [0, 0.1) is 6.92 Å². The van der Waals surface area contributed by atoms with Crippen LogP contribution < -0.4 is 5.73 Å². The van der Waals surface area contributed by atoms with Crippen molar-refractivity contribution in [1.29, 1.82) is 0 Å². The van der Waals surface area contributed by atoms with E-state index < -0.39 is 13.0 Å². The topological polar surface area (TPSA) is 59.1 Å². The van der Waals surface area contributed by atoms with Crippen LogP contribution in [-0.2, 0) is 13.2 Å². The van der Waals surface area contributed by atoms with Crippen LogP contribution in [0.25, 0.3) is 0 Å². The number of pyridine rings is 1. The molecule has 3 N–H and O–H groups in total. The molecule has 3 nitrogen and oxygen atoms in total. The summed E-state index contributed by atoms with van der Waals surface area (Å²) in [6.45, 7) is 1.13. The van der Waals surface area contributed by atoms with Crippen LogP contribution in [0.15, 0.2) is 6.20 Å². The Morgan fingerprint density at radius 3 is 2.64 bits per heavy atom. The second kappa shape index (κ2) is 4.43. The van der Waals surface area contributed by atoms with E-state index in [-0.39, 0.29) is 17.7 Å². The molecule has 0 aromatic carbocycles.